The average Bonchev–Trinajstić information content (AvgIpc) is 1.11. The zero-order chi connectivity index (χ0) is 65.9. The molecule has 8 aliphatic carbocycles. The predicted octanol–water partition coefficient (Wildman–Crippen LogP) is 27.1. The summed E-state index contributed by atoms with van der Waals surface area (Å²) in [7, 11) is 0. The lowest BCUT2D eigenvalue weighted by atomic mass is 9.78. The summed E-state index contributed by atoms with van der Waals surface area (Å²) in [6.07, 6.45) is 22.0. The van der Waals surface area contributed by atoms with Crippen molar-refractivity contribution in [3.63, 3.8) is 0 Å². The number of hydrogen-bond donors (Lipinski definition) is 0. The molecule has 8 bridgehead atoms. The van der Waals surface area contributed by atoms with Gasteiger partial charge in [-0.15, -0.1) is 0 Å². The standard InChI is InChI=1S/C94H108N2/c1-91(2,3)73-51-74(92(4,5)6)54-79(53-73)95(77-45-69(83-39-57-23-27-65(83)35-57)43-70(46-77)84-40-58-24-28-66(84)36-58)89-81-33-31-64(62-21-17-14-18-22-62)50-88(81)90(82-34-32-63(49-87(82)89)61-19-15-13-16-20-61)96(80-55-75(93(7,8)9)52-76(56-80)94(10,11)12)78-47-71(85-41-59-25-29-67(85)37-59)44-72(48-78)86-42-60-26-30-68(86)38-60/h13-22,31-34,43-60,65-68,83-86H,23-30,35-42H2,1-12H3. The fourth-order valence-corrected chi connectivity index (χ4v) is 21.4. The van der Waals surface area contributed by atoms with Gasteiger partial charge in [0.05, 0.1) is 11.4 Å². The molecule has 8 fully saturated rings. The Morgan fingerprint density at radius 1 is 0.250 bits per heavy atom. The van der Waals surface area contributed by atoms with Gasteiger partial charge in [0.2, 0.25) is 0 Å². The summed E-state index contributed by atoms with van der Waals surface area (Å²) in [5.74, 6) is 8.85. The zero-order valence-corrected chi connectivity index (χ0v) is 60.3. The van der Waals surface area contributed by atoms with Gasteiger partial charge in [-0.05, 0) is 297 Å². The Hall–Kier alpha value is -6.90. The molecule has 0 spiro atoms. The maximum Gasteiger partial charge on any atom is 0.0620 e. The highest BCUT2D eigenvalue weighted by Crippen LogP contribution is 2.62. The van der Waals surface area contributed by atoms with Gasteiger partial charge in [0.15, 0.2) is 0 Å². The van der Waals surface area contributed by atoms with Crippen molar-refractivity contribution < 1.29 is 0 Å². The Balaban J connectivity index is 1.03. The molecule has 0 amide bonds. The molecule has 0 N–H and O–H groups in total. The Bertz CT molecular complexity index is 4020. The minimum atomic E-state index is -0.0998. The molecular formula is C94H108N2. The first-order valence-electron chi connectivity index (χ1n) is 38.4. The highest BCUT2D eigenvalue weighted by molar-refractivity contribution is 6.24. The third kappa shape index (κ3) is 11.3. The molecule has 8 saturated carbocycles. The van der Waals surface area contributed by atoms with Crippen molar-refractivity contribution in [2.45, 2.75) is 231 Å². The monoisotopic (exact) mass is 1260 g/mol. The van der Waals surface area contributed by atoms with Gasteiger partial charge in [-0.3, -0.25) is 0 Å². The normalized spacial score (nSPS) is 26.7. The van der Waals surface area contributed by atoms with E-state index in [1.54, 1.807) is 22.3 Å². The number of anilines is 6. The number of rotatable bonds is 12. The molecule has 0 aromatic heterocycles. The van der Waals surface area contributed by atoms with E-state index in [4.69, 9.17) is 0 Å². The van der Waals surface area contributed by atoms with Crippen LogP contribution in [0.2, 0.25) is 0 Å². The molecule has 0 saturated heterocycles. The number of nitrogens with zero attached hydrogens (tertiary/aromatic N) is 2. The molecule has 2 heteroatoms. The van der Waals surface area contributed by atoms with Gasteiger partial charge in [-0.25, -0.2) is 0 Å². The molecule has 96 heavy (non-hydrogen) atoms. The van der Waals surface area contributed by atoms with Crippen LogP contribution in [0, 0.1) is 47.3 Å². The fraction of sp³-hybridized carbons (Fsp3) is 0.468. The molecular weight excluding hydrogens is 1160 g/mol. The van der Waals surface area contributed by atoms with E-state index in [-0.39, 0.29) is 21.7 Å². The first kappa shape index (κ1) is 62.6. The van der Waals surface area contributed by atoms with E-state index in [1.807, 2.05) is 0 Å². The lowest BCUT2D eigenvalue weighted by molar-refractivity contribution is 0.412. The van der Waals surface area contributed by atoms with E-state index in [9.17, 15) is 0 Å². The third-order valence-electron chi connectivity index (χ3n) is 26.6. The molecule has 0 heterocycles. The second kappa shape index (κ2) is 23.4. The lowest BCUT2D eigenvalue weighted by Gasteiger charge is -2.37. The van der Waals surface area contributed by atoms with Crippen LogP contribution in [0.25, 0.3) is 43.8 Å². The van der Waals surface area contributed by atoms with Crippen molar-refractivity contribution >= 4 is 55.7 Å². The Morgan fingerprint density at radius 2 is 0.531 bits per heavy atom. The number of benzene rings is 9. The minimum absolute atomic E-state index is 0.0998. The van der Waals surface area contributed by atoms with Crippen molar-refractivity contribution in [2.75, 3.05) is 9.80 Å². The summed E-state index contributed by atoms with van der Waals surface area (Å²) in [6, 6.07) is 70.3. The SMILES string of the molecule is CC(C)(C)c1cc(N(c2cc(C3CC4CCC3C4)cc(C3CC4CCC3C4)c2)c2c3ccc(-c4ccccc4)cc3c(N(c3cc(C4CC5CCC4C5)cc(C4CC5CCC4C5)c3)c3cc(C(C)(C)C)cc(C(C)(C)C)c3)c3ccc(-c4ccccc4)cc23)cc(C(C)(C)C)c1. The molecule has 494 valence electrons. The van der Waals surface area contributed by atoms with Crippen molar-refractivity contribution in [1.29, 1.82) is 0 Å². The summed E-state index contributed by atoms with van der Waals surface area (Å²) >= 11 is 0. The van der Waals surface area contributed by atoms with Crippen LogP contribution in [0.4, 0.5) is 34.1 Å². The Kier molecular flexibility index (Phi) is 15.2. The Morgan fingerprint density at radius 3 is 0.781 bits per heavy atom. The predicted molar refractivity (Wildman–Crippen MR) is 409 cm³/mol. The van der Waals surface area contributed by atoms with Crippen LogP contribution in [0.5, 0.6) is 0 Å². The lowest BCUT2D eigenvalue weighted by Crippen LogP contribution is -2.21. The molecule has 2 nitrogen and oxygen atoms in total. The summed E-state index contributed by atoms with van der Waals surface area (Å²) in [4.78, 5) is 5.74. The van der Waals surface area contributed by atoms with E-state index < -0.39 is 0 Å². The van der Waals surface area contributed by atoms with E-state index in [1.165, 1.54) is 203 Å². The average molecular weight is 1270 g/mol. The minimum Gasteiger partial charge on any atom is -0.309 e. The van der Waals surface area contributed by atoms with Crippen LogP contribution in [0.3, 0.4) is 0 Å². The van der Waals surface area contributed by atoms with Gasteiger partial charge < -0.3 is 9.80 Å². The number of fused-ring (bicyclic) bond motifs is 10. The number of hydrogen-bond acceptors (Lipinski definition) is 2. The first-order chi connectivity index (χ1) is 46.0. The highest BCUT2D eigenvalue weighted by Gasteiger charge is 2.46. The van der Waals surface area contributed by atoms with Gasteiger partial charge in [-0.2, -0.15) is 0 Å². The van der Waals surface area contributed by atoms with Crippen molar-refractivity contribution in [3.05, 3.63) is 214 Å². The van der Waals surface area contributed by atoms with Crippen molar-refractivity contribution in [2.24, 2.45) is 47.3 Å². The molecule has 9 aromatic rings. The van der Waals surface area contributed by atoms with Crippen LogP contribution >= 0.6 is 0 Å². The summed E-state index contributed by atoms with van der Waals surface area (Å²) in [6.45, 7) is 29.2. The zero-order valence-electron chi connectivity index (χ0n) is 60.3. The molecule has 17 rings (SSSR count). The van der Waals surface area contributed by atoms with E-state index in [0.717, 1.165) is 47.3 Å². The maximum atomic E-state index is 2.87. The van der Waals surface area contributed by atoms with Crippen LogP contribution in [-0.4, -0.2) is 0 Å². The third-order valence-corrected chi connectivity index (χ3v) is 26.6. The second-order valence-corrected chi connectivity index (χ2v) is 37.0. The quantitative estimate of drug-likeness (QED) is 0.0889. The molecule has 0 aliphatic heterocycles. The second-order valence-electron chi connectivity index (χ2n) is 37.0. The van der Waals surface area contributed by atoms with Gasteiger partial charge in [0.25, 0.3) is 0 Å². The molecule has 9 aromatic carbocycles. The van der Waals surface area contributed by atoms with Gasteiger partial charge in [0.1, 0.15) is 0 Å². The van der Waals surface area contributed by atoms with E-state index in [0.29, 0.717) is 23.7 Å². The van der Waals surface area contributed by atoms with Crippen molar-refractivity contribution in [1.82, 2.24) is 0 Å². The van der Waals surface area contributed by atoms with Gasteiger partial charge in [-0.1, -0.05) is 218 Å². The topological polar surface area (TPSA) is 6.48 Å². The van der Waals surface area contributed by atoms with Crippen LogP contribution in [0.1, 0.15) is 254 Å². The highest BCUT2D eigenvalue weighted by atomic mass is 15.2. The van der Waals surface area contributed by atoms with Gasteiger partial charge in [0, 0.05) is 44.3 Å². The van der Waals surface area contributed by atoms with Crippen LogP contribution in [-0.2, 0) is 21.7 Å². The van der Waals surface area contributed by atoms with Crippen molar-refractivity contribution in [3.8, 4) is 22.3 Å². The largest absolute Gasteiger partial charge is 0.309 e. The first-order valence-corrected chi connectivity index (χ1v) is 38.4. The van der Waals surface area contributed by atoms with E-state index >= 15 is 0 Å². The van der Waals surface area contributed by atoms with E-state index in [2.05, 4.69) is 263 Å². The fourth-order valence-electron chi connectivity index (χ4n) is 21.4. The molecule has 12 unspecified atom stereocenters. The Labute approximate surface area is 577 Å². The maximum absolute atomic E-state index is 2.87. The molecule has 8 aliphatic rings. The summed E-state index contributed by atoms with van der Waals surface area (Å²) in [5.41, 5.74) is 24.3. The molecule has 12 atom stereocenters. The van der Waals surface area contributed by atoms with Gasteiger partial charge >= 0.3 is 0 Å². The van der Waals surface area contributed by atoms with Crippen LogP contribution < -0.4 is 9.80 Å². The van der Waals surface area contributed by atoms with Crippen LogP contribution in [0.15, 0.2) is 170 Å². The molecule has 0 radical (unpaired) electrons. The smallest absolute Gasteiger partial charge is 0.0620 e. The summed E-state index contributed by atoms with van der Waals surface area (Å²) < 4.78 is 0. The summed E-state index contributed by atoms with van der Waals surface area (Å²) in [5, 5.41) is 5.17.